The molecule has 0 unspecified atom stereocenters. The predicted octanol–water partition coefficient (Wildman–Crippen LogP) is 1.01. The average molecular weight is 342 g/mol. The molecule has 22 heavy (non-hydrogen) atoms. The molecule has 0 radical (unpaired) electrons. The Labute approximate surface area is 133 Å². The third kappa shape index (κ3) is 3.07. The molecule has 1 aliphatic rings. The smallest absolute Gasteiger partial charge is 0.214 e. The molecule has 0 amide bonds. The lowest BCUT2D eigenvalue weighted by molar-refractivity contribution is 0.187. The van der Waals surface area contributed by atoms with Crippen LogP contribution in [-0.2, 0) is 14.8 Å². The molecule has 2 aromatic heterocycles. The first-order valence-corrected chi connectivity index (χ1v) is 9.39. The molecule has 2 atom stereocenters. The molecule has 1 N–H and O–H groups in total. The van der Waals surface area contributed by atoms with E-state index in [2.05, 4.69) is 15.3 Å². The Balaban J connectivity index is 1.78. The van der Waals surface area contributed by atoms with Crippen LogP contribution in [0.3, 0.4) is 0 Å². The fraction of sp³-hybridized carbons (Fsp3) is 0.538. The van der Waals surface area contributed by atoms with Gasteiger partial charge in [-0.1, -0.05) is 0 Å². The lowest BCUT2D eigenvalue weighted by Crippen LogP contribution is -2.37. The monoisotopic (exact) mass is 342 g/mol. The first kappa shape index (κ1) is 15.6. The molecule has 7 nitrogen and oxygen atoms in total. The fourth-order valence-electron chi connectivity index (χ4n) is 2.41. The zero-order valence-electron chi connectivity index (χ0n) is 12.4. The van der Waals surface area contributed by atoms with E-state index in [0.717, 1.165) is 16.0 Å². The van der Waals surface area contributed by atoms with Crippen LogP contribution in [0.5, 0.6) is 0 Å². The quantitative estimate of drug-likeness (QED) is 0.873. The molecule has 1 aliphatic heterocycles. The number of anilines is 1. The summed E-state index contributed by atoms with van der Waals surface area (Å²) in [7, 11) is -0.158. The molecule has 1 fully saturated rings. The van der Waals surface area contributed by atoms with Crippen molar-refractivity contribution in [3.8, 4) is 0 Å². The second-order valence-corrected chi connectivity index (χ2v) is 8.61. The zero-order chi connectivity index (χ0) is 15.7. The lowest BCUT2D eigenvalue weighted by atomic mass is 10.1. The van der Waals surface area contributed by atoms with E-state index in [1.165, 1.54) is 10.6 Å². The van der Waals surface area contributed by atoms with Gasteiger partial charge in [-0.2, -0.15) is 0 Å². The molecule has 2 aromatic rings. The summed E-state index contributed by atoms with van der Waals surface area (Å²) in [6, 6.07) is 1.86. The summed E-state index contributed by atoms with van der Waals surface area (Å²) in [4.78, 5) is 8.48. The normalized spacial score (nSPS) is 22.5. The highest BCUT2D eigenvalue weighted by Crippen LogP contribution is 2.28. The van der Waals surface area contributed by atoms with Gasteiger partial charge in [-0.25, -0.2) is 22.7 Å². The van der Waals surface area contributed by atoms with Crippen molar-refractivity contribution in [1.82, 2.24) is 14.3 Å². The van der Waals surface area contributed by atoms with E-state index in [9.17, 15) is 8.42 Å². The van der Waals surface area contributed by atoms with E-state index in [1.807, 2.05) is 11.4 Å². The zero-order valence-corrected chi connectivity index (χ0v) is 14.0. The first-order valence-electron chi connectivity index (χ1n) is 6.90. The largest absolute Gasteiger partial charge is 0.379 e. The van der Waals surface area contributed by atoms with E-state index in [0.29, 0.717) is 13.2 Å². The molecule has 1 saturated heterocycles. The molecular formula is C13H18N4O3S2. The molecule has 0 spiro atoms. The highest BCUT2D eigenvalue weighted by molar-refractivity contribution is 7.89. The highest BCUT2D eigenvalue weighted by atomic mass is 32.2. The van der Waals surface area contributed by atoms with E-state index in [-0.39, 0.29) is 17.7 Å². The summed E-state index contributed by atoms with van der Waals surface area (Å²) >= 11 is 1.56. The standard InChI is InChI=1S/C13H18N4O3S2/c1-17(2)22(18,19)7-9-5-20-6-11(9)16-13-12-10(3-4-21-12)14-8-15-13/h3-4,8-9,11H,5-7H2,1-2H3,(H,14,15,16)/t9-,11-/m0/s1. The third-order valence-corrected chi connectivity index (χ3v) is 6.62. The summed E-state index contributed by atoms with van der Waals surface area (Å²) in [5.41, 5.74) is 0.888. The van der Waals surface area contributed by atoms with Crippen LogP contribution in [0.1, 0.15) is 0 Å². The molecule has 3 heterocycles. The molecular weight excluding hydrogens is 324 g/mol. The van der Waals surface area contributed by atoms with Gasteiger partial charge in [0.15, 0.2) is 0 Å². The van der Waals surface area contributed by atoms with Crippen LogP contribution in [0.4, 0.5) is 5.82 Å². The highest BCUT2D eigenvalue weighted by Gasteiger charge is 2.33. The number of fused-ring (bicyclic) bond motifs is 1. The van der Waals surface area contributed by atoms with Gasteiger partial charge < -0.3 is 10.1 Å². The van der Waals surface area contributed by atoms with Gasteiger partial charge in [0.1, 0.15) is 12.1 Å². The summed E-state index contributed by atoms with van der Waals surface area (Å²) in [6.07, 6.45) is 1.51. The maximum absolute atomic E-state index is 12.1. The molecule has 120 valence electrons. The number of nitrogens with zero attached hydrogens (tertiary/aromatic N) is 3. The molecule has 0 aromatic carbocycles. The van der Waals surface area contributed by atoms with Gasteiger partial charge in [0.2, 0.25) is 10.0 Å². The topological polar surface area (TPSA) is 84.4 Å². The van der Waals surface area contributed by atoms with Crippen LogP contribution in [0.15, 0.2) is 17.8 Å². The van der Waals surface area contributed by atoms with Gasteiger partial charge in [0, 0.05) is 20.0 Å². The lowest BCUT2D eigenvalue weighted by Gasteiger charge is -2.21. The van der Waals surface area contributed by atoms with Gasteiger partial charge in [0.05, 0.1) is 35.2 Å². The summed E-state index contributed by atoms with van der Waals surface area (Å²) < 4.78 is 31.9. The summed E-state index contributed by atoms with van der Waals surface area (Å²) in [6.45, 7) is 0.911. The molecule has 0 saturated carbocycles. The fourth-order valence-corrected chi connectivity index (χ4v) is 4.37. The maximum atomic E-state index is 12.1. The van der Waals surface area contributed by atoms with E-state index >= 15 is 0 Å². The van der Waals surface area contributed by atoms with Crippen molar-refractivity contribution >= 4 is 37.4 Å². The minimum Gasteiger partial charge on any atom is -0.379 e. The number of hydrogen-bond donors (Lipinski definition) is 1. The molecule has 0 aliphatic carbocycles. The van der Waals surface area contributed by atoms with Crippen molar-refractivity contribution in [3.05, 3.63) is 17.8 Å². The second-order valence-electron chi connectivity index (χ2n) is 5.47. The van der Waals surface area contributed by atoms with Crippen molar-refractivity contribution in [2.75, 3.05) is 38.4 Å². The van der Waals surface area contributed by atoms with Crippen LogP contribution in [-0.4, -0.2) is 61.8 Å². The molecule has 9 heteroatoms. The van der Waals surface area contributed by atoms with E-state index < -0.39 is 10.0 Å². The molecule has 0 bridgehead atoms. The number of nitrogens with one attached hydrogen (secondary N) is 1. The minimum atomic E-state index is -3.26. The van der Waals surface area contributed by atoms with Crippen molar-refractivity contribution in [2.24, 2.45) is 5.92 Å². The number of aromatic nitrogens is 2. The maximum Gasteiger partial charge on any atom is 0.214 e. The van der Waals surface area contributed by atoms with Crippen molar-refractivity contribution in [3.63, 3.8) is 0 Å². The Morgan fingerprint density at radius 3 is 3.00 bits per heavy atom. The SMILES string of the molecule is CN(C)S(=O)(=O)C[C@@H]1COC[C@@H]1Nc1ncnc2ccsc12. The van der Waals surface area contributed by atoms with Crippen LogP contribution in [0, 0.1) is 5.92 Å². The van der Waals surface area contributed by atoms with Crippen molar-refractivity contribution < 1.29 is 13.2 Å². The van der Waals surface area contributed by atoms with Gasteiger partial charge >= 0.3 is 0 Å². The van der Waals surface area contributed by atoms with Gasteiger partial charge in [-0.3, -0.25) is 0 Å². The first-order chi connectivity index (χ1) is 10.5. The summed E-state index contributed by atoms with van der Waals surface area (Å²) in [5.74, 6) is 0.705. The minimum absolute atomic E-state index is 0.0658. The molecule has 3 rings (SSSR count). The van der Waals surface area contributed by atoms with Gasteiger partial charge in [-0.05, 0) is 11.4 Å². The van der Waals surface area contributed by atoms with Crippen molar-refractivity contribution in [2.45, 2.75) is 6.04 Å². The summed E-state index contributed by atoms with van der Waals surface area (Å²) in [5, 5.41) is 5.29. The van der Waals surface area contributed by atoms with Crippen LogP contribution < -0.4 is 5.32 Å². The number of sulfonamides is 1. The van der Waals surface area contributed by atoms with E-state index in [1.54, 1.807) is 25.4 Å². The van der Waals surface area contributed by atoms with Crippen molar-refractivity contribution in [1.29, 1.82) is 0 Å². The Morgan fingerprint density at radius 2 is 2.23 bits per heavy atom. The van der Waals surface area contributed by atoms with Crippen LogP contribution in [0.25, 0.3) is 10.2 Å². The number of thiophene rings is 1. The van der Waals surface area contributed by atoms with Gasteiger partial charge in [-0.15, -0.1) is 11.3 Å². The van der Waals surface area contributed by atoms with Crippen LogP contribution >= 0.6 is 11.3 Å². The third-order valence-electron chi connectivity index (χ3n) is 3.74. The number of rotatable bonds is 5. The second kappa shape index (κ2) is 6.07. The Morgan fingerprint density at radius 1 is 1.41 bits per heavy atom. The Kier molecular flexibility index (Phi) is 4.31. The van der Waals surface area contributed by atoms with Gasteiger partial charge in [0.25, 0.3) is 0 Å². The van der Waals surface area contributed by atoms with E-state index in [4.69, 9.17) is 4.74 Å². The predicted molar refractivity (Wildman–Crippen MR) is 86.6 cm³/mol. The Hall–Kier alpha value is -1.29. The Bertz CT molecular complexity index is 759. The van der Waals surface area contributed by atoms with Crippen LogP contribution in [0.2, 0.25) is 0 Å². The number of ether oxygens (including phenoxy) is 1. The average Bonchev–Trinajstić information content (AvgIpc) is 3.08. The number of hydrogen-bond acceptors (Lipinski definition) is 7.